The van der Waals surface area contributed by atoms with Gasteiger partial charge in [-0.3, -0.25) is 14.4 Å². The van der Waals surface area contributed by atoms with Gasteiger partial charge in [-0.05, 0) is 42.7 Å². The van der Waals surface area contributed by atoms with Gasteiger partial charge in [0.25, 0.3) is 0 Å². The average molecular weight is 381 g/mol. The fourth-order valence-electron chi connectivity index (χ4n) is 3.04. The number of nitrogens with zero attached hydrogens (tertiary/aromatic N) is 1. The Balaban J connectivity index is 2.09. The normalized spacial score (nSPS) is 10.3. The summed E-state index contributed by atoms with van der Waals surface area (Å²) < 4.78 is 0. The van der Waals surface area contributed by atoms with Gasteiger partial charge in [-0.2, -0.15) is 0 Å². The molecule has 0 fully saturated rings. The third-order valence-electron chi connectivity index (χ3n) is 4.43. The van der Waals surface area contributed by atoms with Crippen LogP contribution < -0.4 is 15.5 Å². The monoisotopic (exact) mass is 381 g/mol. The van der Waals surface area contributed by atoms with Crippen LogP contribution in [0.1, 0.15) is 38.3 Å². The van der Waals surface area contributed by atoms with Crippen LogP contribution in [0.3, 0.4) is 0 Å². The van der Waals surface area contributed by atoms with Crippen molar-refractivity contribution in [2.24, 2.45) is 0 Å². The van der Waals surface area contributed by atoms with E-state index in [9.17, 15) is 14.4 Å². The molecule has 0 atom stereocenters. The zero-order valence-corrected chi connectivity index (χ0v) is 16.8. The highest BCUT2D eigenvalue weighted by atomic mass is 16.2. The Morgan fingerprint density at radius 1 is 1.00 bits per heavy atom. The maximum absolute atomic E-state index is 12.5. The minimum atomic E-state index is -0.184. The largest absolute Gasteiger partial charge is 0.326 e. The molecule has 148 valence electrons. The molecule has 2 rings (SSSR count). The number of hydrogen-bond acceptors (Lipinski definition) is 3. The molecule has 6 heteroatoms. The Morgan fingerprint density at radius 3 is 2.36 bits per heavy atom. The van der Waals surface area contributed by atoms with Gasteiger partial charge in [0.15, 0.2) is 0 Å². The van der Waals surface area contributed by atoms with Crippen LogP contribution in [0.2, 0.25) is 0 Å². The van der Waals surface area contributed by atoms with Crippen molar-refractivity contribution in [1.29, 1.82) is 0 Å². The van der Waals surface area contributed by atoms with Crippen molar-refractivity contribution in [2.45, 2.75) is 40.5 Å². The summed E-state index contributed by atoms with van der Waals surface area (Å²) in [5, 5.41) is 5.68. The quantitative estimate of drug-likeness (QED) is 0.763. The number of hydrogen-bond donors (Lipinski definition) is 2. The fraction of sp³-hybridized carbons (Fsp3) is 0.318. The molecule has 2 N–H and O–H groups in total. The molecule has 0 aliphatic carbocycles. The molecule has 0 spiro atoms. The maximum Gasteiger partial charge on any atom is 0.226 e. The zero-order valence-electron chi connectivity index (χ0n) is 16.8. The van der Waals surface area contributed by atoms with Gasteiger partial charge in [-0.25, -0.2) is 0 Å². The van der Waals surface area contributed by atoms with Crippen LogP contribution in [0.4, 0.5) is 17.1 Å². The Kier molecular flexibility index (Phi) is 7.32. The van der Waals surface area contributed by atoms with E-state index in [1.165, 1.54) is 18.7 Å². The maximum atomic E-state index is 12.5. The summed E-state index contributed by atoms with van der Waals surface area (Å²) in [4.78, 5) is 37.4. The molecular formula is C22H27N3O3. The fourth-order valence-corrected chi connectivity index (χ4v) is 3.04. The summed E-state index contributed by atoms with van der Waals surface area (Å²) in [7, 11) is 0. The first kappa shape index (κ1) is 21.2. The van der Waals surface area contributed by atoms with E-state index in [-0.39, 0.29) is 30.7 Å². The lowest BCUT2D eigenvalue weighted by Crippen LogP contribution is -2.32. The van der Waals surface area contributed by atoms with Gasteiger partial charge in [0.1, 0.15) is 0 Å². The first-order valence-electron chi connectivity index (χ1n) is 9.36. The molecule has 0 aromatic heterocycles. The van der Waals surface area contributed by atoms with Crippen LogP contribution in [0.5, 0.6) is 0 Å². The summed E-state index contributed by atoms with van der Waals surface area (Å²) in [6.45, 7) is 7.14. The molecule has 0 unspecified atom stereocenters. The van der Waals surface area contributed by atoms with Crippen LogP contribution in [-0.2, 0) is 20.8 Å². The van der Waals surface area contributed by atoms with E-state index in [1.807, 2.05) is 32.0 Å². The predicted octanol–water partition coefficient (Wildman–Crippen LogP) is 3.90. The second kappa shape index (κ2) is 9.69. The van der Waals surface area contributed by atoms with Gasteiger partial charge in [-0.1, -0.05) is 31.2 Å². The van der Waals surface area contributed by atoms with Crippen molar-refractivity contribution in [3.8, 4) is 0 Å². The lowest BCUT2D eigenvalue weighted by atomic mass is 10.1. The first-order chi connectivity index (χ1) is 13.3. The van der Waals surface area contributed by atoms with Crippen LogP contribution in [0.25, 0.3) is 0 Å². The van der Waals surface area contributed by atoms with Gasteiger partial charge in [0.05, 0.1) is 0 Å². The molecule has 0 aliphatic rings. The summed E-state index contributed by atoms with van der Waals surface area (Å²) in [6.07, 6.45) is 0.994. The molecule has 3 amide bonds. The summed E-state index contributed by atoms with van der Waals surface area (Å²) in [5.74, 6) is -0.498. The van der Waals surface area contributed by atoms with Crippen LogP contribution >= 0.6 is 0 Å². The van der Waals surface area contributed by atoms with E-state index < -0.39 is 0 Å². The van der Waals surface area contributed by atoms with Crippen molar-refractivity contribution in [3.63, 3.8) is 0 Å². The molecule has 0 bridgehead atoms. The van der Waals surface area contributed by atoms with E-state index in [0.717, 1.165) is 23.2 Å². The third kappa shape index (κ3) is 5.67. The Labute approximate surface area is 165 Å². The second-order valence-corrected chi connectivity index (χ2v) is 6.66. The van der Waals surface area contributed by atoms with Gasteiger partial charge in [-0.15, -0.1) is 0 Å². The highest BCUT2D eigenvalue weighted by Gasteiger charge is 2.15. The number of aryl methyl sites for hydroxylation is 2. The number of para-hydroxylation sites is 1. The minimum absolute atomic E-state index is 0.145. The van der Waals surface area contributed by atoms with E-state index in [2.05, 4.69) is 10.6 Å². The molecule has 2 aromatic rings. The number of benzene rings is 2. The summed E-state index contributed by atoms with van der Waals surface area (Å²) in [5.41, 5.74) is 4.18. The molecule has 6 nitrogen and oxygen atoms in total. The third-order valence-corrected chi connectivity index (χ3v) is 4.43. The van der Waals surface area contributed by atoms with Crippen LogP contribution in [0, 0.1) is 6.92 Å². The van der Waals surface area contributed by atoms with Gasteiger partial charge in [0, 0.05) is 43.9 Å². The summed E-state index contributed by atoms with van der Waals surface area (Å²) >= 11 is 0. The van der Waals surface area contributed by atoms with E-state index in [1.54, 1.807) is 24.3 Å². The number of anilines is 3. The molecule has 28 heavy (non-hydrogen) atoms. The number of amides is 3. The van der Waals surface area contributed by atoms with E-state index >= 15 is 0 Å². The highest BCUT2D eigenvalue weighted by Crippen LogP contribution is 2.22. The highest BCUT2D eigenvalue weighted by molar-refractivity contribution is 5.96. The van der Waals surface area contributed by atoms with Crippen molar-refractivity contribution < 1.29 is 14.4 Å². The Morgan fingerprint density at radius 2 is 1.71 bits per heavy atom. The van der Waals surface area contributed by atoms with E-state index in [4.69, 9.17) is 0 Å². The number of rotatable bonds is 7. The molecular weight excluding hydrogens is 354 g/mol. The Bertz CT molecular complexity index is 877. The van der Waals surface area contributed by atoms with E-state index in [0.29, 0.717) is 11.4 Å². The van der Waals surface area contributed by atoms with Crippen molar-refractivity contribution in [1.82, 2.24) is 0 Å². The predicted molar refractivity (Wildman–Crippen MR) is 113 cm³/mol. The SMILES string of the molecule is CCc1cccc(C)c1NC(=O)CCN(C(C)=O)c1cccc(NC(C)=O)c1. The van der Waals surface area contributed by atoms with Crippen molar-refractivity contribution >= 4 is 34.8 Å². The number of nitrogens with one attached hydrogen (secondary N) is 2. The van der Waals surface area contributed by atoms with Gasteiger partial charge < -0.3 is 15.5 Å². The average Bonchev–Trinajstić information content (AvgIpc) is 2.63. The Hall–Kier alpha value is -3.15. The van der Waals surface area contributed by atoms with Crippen LogP contribution in [0.15, 0.2) is 42.5 Å². The zero-order chi connectivity index (χ0) is 20.7. The van der Waals surface area contributed by atoms with Crippen molar-refractivity contribution in [3.05, 3.63) is 53.6 Å². The van der Waals surface area contributed by atoms with Crippen LogP contribution in [-0.4, -0.2) is 24.3 Å². The molecule has 0 aliphatic heterocycles. The first-order valence-corrected chi connectivity index (χ1v) is 9.36. The summed E-state index contributed by atoms with van der Waals surface area (Å²) in [6, 6.07) is 12.9. The second-order valence-electron chi connectivity index (χ2n) is 6.66. The molecule has 0 heterocycles. The molecule has 0 saturated carbocycles. The minimum Gasteiger partial charge on any atom is -0.326 e. The lowest BCUT2D eigenvalue weighted by molar-refractivity contribution is -0.117. The van der Waals surface area contributed by atoms with Gasteiger partial charge >= 0.3 is 0 Å². The van der Waals surface area contributed by atoms with Crippen molar-refractivity contribution in [2.75, 3.05) is 22.1 Å². The number of carbonyl (C=O) groups excluding carboxylic acids is 3. The van der Waals surface area contributed by atoms with Gasteiger partial charge in [0.2, 0.25) is 17.7 Å². The molecule has 2 aromatic carbocycles. The topological polar surface area (TPSA) is 78.5 Å². The smallest absolute Gasteiger partial charge is 0.226 e. The number of carbonyl (C=O) groups is 3. The molecule has 0 saturated heterocycles. The standard InChI is InChI=1S/C22H27N3O3/c1-5-18-9-6-8-15(2)22(18)24-21(28)12-13-25(17(4)27)20-11-7-10-19(14-20)23-16(3)26/h6-11,14H,5,12-13H2,1-4H3,(H,23,26)(H,24,28). The lowest BCUT2D eigenvalue weighted by Gasteiger charge is -2.22. The molecule has 0 radical (unpaired) electrons.